The van der Waals surface area contributed by atoms with Gasteiger partial charge in [0.2, 0.25) is 0 Å². The Morgan fingerprint density at radius 3 is 2.53 bits per heavy atom. The molecule has 0 saturated carbocycles. The second-order valence-corrected chi connectivity index (χ2v) is 6.42. The van der Waals surface area contributed by atoms with E-state index in [4.69, 9.17) is 0 Å². The number of hydrogen-bond donors (Lipinski definition) is 0. The van der Waals surface area contributed by atoms with Crippen molar-refractivity contribution in [1.82, 2.24) is 0 Å². The highest BCUT2D eigenvalue weighted by Gasteiger charge is 2.28. The Morgan fingerprint density at radius 1 is 1.21 bits per heavy atom. The molecular weight excluding hydrogens is 232 g/mol. The van der Waals surface area contributed by atoms with E-state index >= 15 is 0 Å². The van der Waals surface area contributed by atoms with Crippen LogP contribution in [0.25, 0.3) is 6.08 Å². The zero-order chi connectivity index (χ0) is 14.0. The second kappa shape index (κ2) is 5.28. The fourth-order valence-corrected chi connectivity index (χ4v) is 2.86. The van der Waals surface area contributed by atoms with Crippen molar-refractivity contribution in [1.29, 1.82) is 0 Å². The molecule has 0 bridgehead atoms. The third kappa shape index (κ3) is 2.94. The average molecular weight is 256 g/mol. The highest BCUT2D eigenvalue weighted by atomic mass is 15.1. The molecule has 0 unspecified atom stereocenters. The lowest BCUT2D eigenvalue weighted by Crippen LogP contribution is -2.21. The largest absolute Gasteiger partial charge is 0.181 e. The van der Waals surface area contributed by atoms with Crippen LogP contribution in [0.4, 0.5) is 0 Å². The van der Waals surface area contributed by atoms with Crippen LogP contribution in [-0.2, 0) is 0 Å². The number of nitrogens with zero attached hydrogens (tertiary/aromatic N) is 2. The van der Waals surface area contributed by atoms with Gasteiger partial charge in [-0.25, -0.2) is 0 Å². The lowest BCUT2D eigenvalue weighted by molar-refractivity contribution is 0.270. The van der Waals surface area contributed by atoms with Crippen molar-refractivity contribution in [2.45, 2.75) is 47.1 Å². The second-order valence-electron chi connectivity index (χ2n) is 6.42. The molecule has 2 atom stereocenters. The molecule has 1 aliphatic heterocycles. The predicted molar refractivity (Wildman–Crippen MR) is 80.9 cm³/mol. The van der Waals surface area contributed by atoms with Gasteiger partial charge >= 0.3 is 0 Å². The number of rotatable bonds is 2. The van der Waals surface area contributed by atoms with Crippen molar-refractivity contribution in [2.75, 3.05) is 0 Å². The van der Waals surface area contributed by atoms with Gasteiger partial charge in [-0.05, 0) is 36.0 Å². The molecule has 1 heterocycles. The first-order valence-electron chi connectivity index (χ1n) is 7.15. The topological polar surface area (TPSA) is 24.7 Å². The van der Waals surface area contributed by atoms with E-state index < -0.39 is 0 Å². The van der Waals surface area contributed by atoms with Gasteiger partial charge in [-0.1, -0.05) is 52.0 Å². The lowest BCUT2D eigenvalue weighted by atomic mass is 9.77. The van der Waals surface area contributed by atoms with Crippen molar-refractivity contribution >= 4 is 6.08 Å². The Hall–Kier alpha value is -1.44. The SMILES string of the molecule is CC[C@@H](C1=Cc2ccccc2[C@H](C)N=N1)C(C)(C)C. The van der Waals surface area contributed by atoms with Crippen LogP contribution in [0.15, 0.2) is 40.2 Å². The summed E-state index contributed by atoms with van der Waals surface area (Å²) in [5.41, 5.74) is 3.86. The zero-order valence-corrected chi connectivity index (χ0v) is 12.6. The maximum Gasteiger partial charge on any atom is 0.0939 e. The molecule has 0 aromatic heterocycles. The molecule has 0 aliphatic carbocycles. The summed E-state index contributed by atoms with van der Waals surface area (Å²) < 4.78 is 0. The van der Waals surface area contributed by atoms with Gasteiger partial charge in [0.15, 0.2) is 0 Å². The van der Waals surface area contributed by atoms with E-state index in [9.17, 15) is 0 Å². The van der Waals surface area contributed by atoms with E-state index in [1.165, 1.54) is 11.1 Å². The zero-order valence-electron chi connectivity index (χ0n) is 12.6. The van der Waals surface area contributed by atoms with Gasteiger partial charge in [0.05, 0.1) is 11.7 Å². The van der Waals surface area contributed by atoms with Crippen LogP contribution in [0.1, 0.15) is 58.2 Å². The number of azo groups is 1. The Kier molecular flexibility index (Phi) is 3.88. The number of fused-ring (bicyclic) bond motifs is 1. The monoisotopic (exact) mass is 256 g/mol. The first kappa shape index (κ1) is 14.0. The minimum absolute atomic E-state index is 0.141. The molecule has 1 aromatic rings. The van der Waals surface area contributed by atoms with Crippen molar-refractivity contribution in [3.8, 4) is 0 Å². The molecule has 0 spiro atoms. The van der Waals surface area contributed by atoms with Gasteiger partial charge in [-0.3, -0.25) is 0 Å². The average Bonchev–Trinajstić information content (AvgIpc) is 2.49. The molecule has 0 radical (unpaired) electrons. The number of allylic oxidation sites excluding steroid dienone is 1. The molecule has 2 rings (SSSR count). The van der Waals surface area contributed by atoms with Crippen LogP contribution < -0.4 is 0 Å². The third-order valence-electron chi connectivity index (χ3n) is 3.91. The van der Waals surface area contributed by atoms with E-state index in [2.05, 4.69) is 75.2 Å². The molecule has 0 N–H and O–H groups in total. The molecule has 0 fully saturated rings. The predicted octanol–water partition coefficient (Wildman–Crippen LogP) is 5.63. The minimum Gasteiger partial charge on any atom is -0.181 e. The summed E-state index contributed by atoms with van der Waals surface area (Å²) in [4.78, 5) is 0. The number of benzene rings is 1. The summed E-state index contributed by atoms with van der Waals surface area (Å²) in [6, 6.07) is 8.62. The summed E-state index contributed by atoms with van der Waals surface area (Å²) in [5.74, 6) is 0.439. The summed E-state index contributed by atoms with van der Waals surface area (Å²) in [7, 11) is 0. The van der Waals surface area contributed by atoms with Crippen LogP contribution in [0.5, 0.6) is 0 Å². The fourth-order valence-electron chi connectivity index (χ4n) is 2.86. The van der Waals surface area contributed by atoms with Gasteiger partial charge < -0.3 is 0 Å². The van der Waals surface area contributed by atoms with Crippen LogP contribution in [-0.4, -0.2) is 0 Å². The summed E-state index contributed by atoms with van der Waals surface area (Å²) >= 11 is 0. The standard InChI is InChI=1S/C17H24N2/c1-6-15(17(3,4)5)16-11-13-9-7-8-10-14(13)12(2)18-19-16/h7-12,15H,6H2,1-5H3/t12-,15-/m0/s1. The Bertz CT molecular complexity index is 506. The Labute approximate surface area is 116 Å². The highest BCUT2D eigenvalue weighted by Crippen LogP contribution is 2.38. The van der Waals surface area contributed by atoms with E-state index in [1.807, 2.05) is 0 Å². The summed E-state index contributed by atoms with van der Waals surface area (Å²) in [5, 5.41) is 9.03. The van der Waals surface area contributed by atoms with Crippen molar-refractivity contribution in [3.05, 3.63) is 41.1 Å². The van der Waals surface area contributed by atoms with E-state index in [-0.39, 0.29) is 11.5 Å². The van der Waals surface area contributed by atoms with Crippen LogP contribution in [0.3, 0.4) is 0 Å². The van der Waals surface area contributed by atoms with Crippen LogP contribution in [0.2, 0.25) is 0 Å². The van der Waals surface area contributed by atoms with E-state index in [0.29, 0.717) is 5.92 Å². The maximum atomic E-state index is 4.54. The molecule has 19 heavy (non-hydrogen) atoms. The molecular formula is C17H24N2. The fraction of sp³-hybridized carbons (Fsp3) is 0.529. The number of hydrogen-bond acceptors (Lipinski definition) is 2. The molecule has 102 valence electrons. The van der Waals surface area contributed by atoms with Gasteiger partial charge in [-0.2, -0.15) is 10.2 Å². The Morgan fingerprint density at radius 2 is 1.89 bits per heavy atom. The van der Waals surface area contributed by atoms with Gasteiger partial charge in [-0.15, -0.1) is 0 Å². The quantitative estimate of drug-likeness (QED) is 0.655. The van der Waals surface area contributed by atoms with E-state index in [0.717, 1.165) is 12.1 Å². The summed E-state index contributed by atoms with van der Waals surface area (Å²) in [6.45, 7) is 11.2. The lowest BCUT2D eigenvalue weighted by Gasteiger charge is -2.29. The van der Waals surface area contributed by atoms with Crippen molar-refractivity contribution in [2.24, 2.45) is 21.6 Å². The van der Waals surface area contributed by atoms with Gasteiger partial charge in [0, 0.05) is 5.92 Å². The Balaban J connectivity index is 2.48. The molecule has 2 nitrogen and oxygen atoms in total. The maximum absolute atomic E-state index is 4.54. The van der Waals surface area contributed by atoms with Crippen molar-refractivity contribution in [3.63, 3.8) is 0 Å². The normalized spacial score (nSPS) is 20.5. The van der Waals surface area contributed by atoms with Crippen molar-refractivity contribution < 1.29 is 0 Å². The van der Waals surface area contributed by atoms with Crippen LogP contribution in [0, 0.1) is 11.3 Å². The molecule has 2 heteroatoms. The molecule has 1 aliphatic rings. The molecule has 1 aromatic carbocycles. The highest BCUT2D eigenvalue weighted by molar-refractivity contribution is 5.58. The first-order valence-corrected chi connectivity index (χ1v) is 7.15. The van der Waals surface area contributed by atoms with E-state index in [1.54, 1.807) is 0 Å². The minimum atomic E-state index is 0.141. The smallest absolute Gasteiger partial charge is 0.0939 e. The summed E-state index contributed by atoms with van der Waals surface area (Å²) in [6.07, 6.45) is 3.31. The first-order chi connectivity index (χ1) is 8.93. The third-order valence-corrected chi connectivity index (χ3v) is 3.91. The van der Waals surface area contributed by atoms with Gasteiger partial charge in [0.1, 0.15) is 0 Å². The van der Waals surface area contributed by atoms with Crippen LogP contribution >= 0.6 is 0 Å². The molecule has 0 saturated heterocycles. The molecule has 0 amide bonds. The van der Waals surface area contributed by atoms with Gasteiger partial charge in [0.25, 0.3) is 0 Å².